The van der Waals surface area contributed by atoms with Gasteiger partial charge in [0.05, 0.1) is 4.90 Å². The number of amides is 1. The highest BCUT2D eigenvalue weighted by atomic mass is 32.2. The van der Waals surface area contributed by atoms with Crippen LogP contribution in [0.3, 0.4) is 0 Å². The molecule has 1 aromatic carbocycles. The molecule has 1 fully saturated rings. The highest BCUT2D eigenvalue weighted by Crippen LogP contribution is 2.26. The molecule has 0 aromatic heterocycles. The van der Waals surface area contributed by atoms with Crippen molar-refractivity contribution in [2.45, 2.75) is 24.2 Å². The number of hydrogen-bond donors (Lipinski definition) is 2. The zero-order chi connectivity index (χ0) is 12.5. The van der Waals surface area contributed by atoms with E-state index in [0.717, 1.165) is 19.3 Å². The molecular formula is C11H14N2O3S. The zero-order valence-electron chi connectivity index (χ0n) is 9.22. The summed E-state index contributed by atoms with van der Waals surface area (Å²) in [6.45, 7) is 0. The van der Waals surface area contributed by atoms with Crippen molar-refractivity contribution in [2.75, 3.05) is 5.73 Å². The summed E-state index contributed by atoms with van der Waals surface area (Å²) in [7, 11) is -3.75. The minimum absolute atomic E-state index is 0.0550. The Balaban J connectivity index is 2.13. The van der Waals surface area contributed by atoms with E-state index in [1.807, 2.05) is 0 Å². The molecule has 3 N–H and O–H groups in total. The van der Waals surface area contributed by atoms with Crippen LogP contribution in [0.15, 0.2) is 29.2 Å². The Kier molecular flexibility index (Phi) is 3.06. The molecular weight excluding hydrogens is 240 g/mol. The minimum atomic E-state index is -3.75. The van der Waals surface area contributed by atoms with E-state index in [1.54, 1.807) is 0 Å². The van der Waals surface area contributed by atoms with Crippen molar-refractivity contribution in [3.05, 3.63) is 24.3 Å². The van der Waals surface area contributed by atoms with Crippen LogP contribution in [-0.4, -0.2) is 14.3 Å². The number of nitrogen functional groups attached to an aromatic ring is 1. The van der Waals surface area contributed by atoms with E-state index in [4.69, 9.17) is 5.73 Å². The van der Waals surface area contributed by atoms with Crippen molar-refractivity contribution in [1.29, 1.82) is 0 Å². The third-order valence-corrected chi connectivity index (χ3v) is 4.26. The van der Waals surface area contributed by atoms with Gasteiger partial charge in [0.15, 0.2) is 0 Å². The predicted octanol–water partition coefficient (Wildman–Crippen LogP) is 0.874. The molecule has 1 saturated carbocycles. The molecule has 1 aliphatic carbocycles. The normalized spacial score (nSPS) is 16.2. The summed E-state index contributed by atoms with van der Waals surface area (Å²) < 4.78 is 25.7. The van der Waals surface area contributed by atoms with Gasteiger partial charge in [-0.15, -0.1) is 0 Å². The maximum atomic E-state index is 11.8. The molecule has 0 aliphatic heterocycles. The molecule has 0 unspecified atom stereocenters. The average molecular weight is 254 g/mol. The second-order valence-electron chi connectivity index (χ2n) is 4.17. The van der Waals surface area contributed by atoms with Gasteiger partial charge in [-0.25, -0.2) is 13.1 Å². The molecule has 0 heterocycles. The summed E-state index contributed by atoms with van der Waals surface area (Å²) in [6.07, 6.45) is 2.52. The number of benzene rings is 1. The van der Waals surface area contributed by atoms with E-state index in [9.17, 15) is 13.2 Å². The van der Waals surface area contributed by atoms with Crippen molar-refractivity contribution in [1.82, 2.24) is 4.72 Å². The van der Waals surface area contributed by atoms with E-state index >= 15 is 0 Å². The molecule has 1 amide bonds. The lowest BCUT2D eigenvalue weighted by molar-refractivity contribution is -0.125. The number of nitrogens with two attached hydrogens (primary N) is 1. The fraction of sp³-hybridized carbons (Fsp3) is 0.364. The minimum Gasteiger partial charge on any atom is -0.399 e. The zero-order valence-corrected chi connectivity index (χ0v) is 10.0. The molecule has 0 spiro atoms. The average Bonchev–Trinajstić information content (AvgIpc) is 2.14. The van der Waals surface area contributed by atoms with Crippen molar-refractivity contribution in [3.8, 4) is 0 Å². The Hall–Kier alpha value is -1.56. The van der Waals surface area contributed by atoms with Crippen LogP contribution >= 0.6 is 0 Å². The molecule has 17 heavy (non-hydrogen) atoms. The molecule has 0 bridgehead atoms. The van der Waals surface area contributed by atoms with E-state index in [-0.39, 0.29) is 10.8 Å². The van der Waals surface area contributed by atoms with Crippen LogP contribution in [0.1, 0.15) is 19.3 Å². The molecule has 6 heteroatoms. The second-order valence-corrected chi connectivity index (χ2v) is 5.85. The summed E-state index contributed by atoms with van der Waals surface area (Å²) in [5.41, 5.74) is 5.95. The van der Waals surface area contributed by atoms with Crippen LogP contribution in [0, 0.1) is 5.92 Å². The number of anilines is 1. The van der Waals surface area contributed by atoms with E-state index in [2.05, 4.69) is 4.72 Å². The van der Waals surface area contributed by atoms with E-state index in [1.165, 1.54) is 24.3 Å². The van der Waals surface area contributed by atoms with Gasteiger partial charge >= 0.3 is 0 Å². The Morgan fingerprint density at radius 3 is 2.29 bits per heavy atom. The van der Waals surface area contributed by atoms with E-state index in [0.29, 0.717) is 5.69 Å². The smallest absolute Gasteiger partial charge is 0.264 e. The molecule has 0 atom stereocenters. The quantitative estimate of drug-likeness (QED) is 0.783. The number of carbonyl (C=O) groups is 1. The number of carbonyl (C=O) groups excluding carboxylic acids is 1. The van der Waals surface area contributed by atoms with Gasteiger partial charge in [-0.2, -0.15) is 0 Å². The van der Waals surface area contributed by atoms with Gasteiger partial charge in [0, 0.05) is 11.6 Å². The van der Waals surface area contributed by atoms with Crippen molar-refractivity contribution >= 4 is 21.6 Å². The molecule has 2 rings (SSSR count). The molecule has 0 radical (unpaired) electrons. The third-order valence-electron chi connectivity index (χ3n) is 2.90. The van der Waals surface area contributed by atoms with Crippen LogP contribution in [0.25, 0.3) is 0 Å². The Morgan fingerprint density at radius 2 is 1.82 bits per heavy atom. The first-order chi connectivity index (χ1) is 7.99. The number of hydrogen-bond acceptors (Lipinski definition) is 4. The summed E-state index contributed by atoms with van der Waals surface area (Å²) in [5.74, 6) is -0.563. The molecule has 92 valence electrons. The second kappa shape index (κ2) is 4.37. The summed E-state index contributed by atoms with van der Waals surface area (Å²) >= 11 is 0. The van der Waals surface area contributed by atoms with Crippen LogP contribution in [0.5, 0.6) is 0 Å². The first-order valence-corrected chi connectivity index (χ1v) is 6.89. The number of rotatable bonds is 3. The van der Waals surface area contributed by atoms with Gasteiger partial charge in [0.2, 0.25) is 5.91 Å². The molecule has 1 aromatic rings. The van der Waals surface area contributed by atoms with Crippen LogP contribution in [0.4, 0.5) is 5.69 Å². The summed E-state index contributed by atoms with van der Waals surface area (Å²) in [6, 6.07) is 5.74. The monoisotopic (exact) mass is 254 g/mol. The Bertz CT molecular complexity index is 518. The topological polar surface area (TPSA) is 89.3 Å². The Labute approximate surface area is 100 Å². The lowest BCUT2D eigenvalue weighted by Gasteiger charge is -2.23. The van der Waals surface area contributed by atoms with Gasteiger partial charge < -0.3 is 5.73 Å². The highest BCUT2D eigenvalue weighted by Gasteiger charge is 2.28. The van der Waals surface area contributed by atoms with Gasteiger partial charge in [-0.3, -0.25) is 4.79 Å². The summed E-state index contributed by atoms with van der Waals surface area (Å²) in [4.78, 5) is 11.6. The predicted molar refractivity (Wildman–Crippen MR) is 63.5 cm³/mol. The highest BCUT2D eigenvalue weighted by molar-refractivity contribution is 7.90. The Morgan fingerprint density at radius 1 is 1.24 bits per heavy atom. The van der Waals surface area contributed by atoms with Crippen molar-refractivity contribution in [2.24, 2.45) is 5.92 Å². The van der Waals surface area contributed by atoms with Gasteiger partial charge in [-0.05, 0) is 37.1 Å². The van der Waals surface area contributed by atoms with Crippen LogP contribution in [-0.2, 0) is 14.8 Å². The van der Waals surface area contributed by atoms with Crippen molar-refractivity contribution < 1.29 is 13.2 Å². The van der Waals surface area contributed by atoms with Crippen molar-refractivity contribution in [3.63, 3.8) is 0 Å². The van der Waals surface area contributed by atoms with Crippen LogP contribution in [0.2, 0.25) is 0 Å². The summed E-state index contributed by atoms with van der Waals surface area (Å²) in [5, 5.41) is 0. The maximum Gasteiger partial charge on any atom is 0.264 e. The van der Waals surface area contributed by atoms with E-state index < -0.39 is 15.9 Å². The van der Waals surface area contributed by atoms with Gasteiger partial charge in [0.1, 0.15) is 0 Å². The number of sulfonamides is 1. The lowest BCUT2D eigenvalue weighted by atomic mass is 9.85. The first kappa shape index (κ1) is 11.9. The molecule has 0 saturated heterocycles. The van der Waals surface area contributed by atoms with Gasteiger partial charge in [0.25, 0.3) is 10.0 Å². The molecule has 1 aliphatic rings. The first-order valence-electron chi connectivity index (χ1n) is 5.41. The van der Waals surface area contributed by atoms with Gasteiger partial charge in [-0.1, -0.05) is 6.42 Å². The SMILES string of the molecule is Nc1ccc(S(=O)(=O)NC(=O)C2CCC2)cc1. The third kappa shape index (κ3) is 2.58. The largest absolute Gasteiger partial charge is 0.399 e. The lowest BCUT2D eigenvalue weighted by Crippen LogP contribution is -2.38. The van der Waals surface area contributed by atoms with Crippen LogP contribution < -0.4 is 10.5 Å². The number of nitrogens with one attached hydrogen (secondary N) is 1. The maximum absolute atomic E-state index is 11.8. The standard InChI is InChI=1S/C11H14N2O3S/c12-9-4-6-10(7-5-9)17(15,16)13-11(14)8-2-1-3-8/h4-8H,1-3,12H2,(H,13,14). The fourth-order valence-corrected chi connectivity index (χ4v) is 2.64. The molecule has 5 nitrogen and oxygen atoms in total. The fourth-order valence-electron chi connectivity index (χ4n) is 1.59.